The molecule has 2 rings (SSSR count). The van der Waals surface area contributed by atoms with Gasteiger partial charge in [0.25, 0.3) is 0 Å². The van der Waals surface area contributed by atoms with Crippen LogP contribution in [-0.4, -0.2) is 44.1 Å². The van der Waals surface area contributed by atoms with Crippen LogP contribution < -0.4 is 10.1 Å². The van der Waals surface area contributed by atoms with Crippen molar-refractivity contribution in [3.8, 4) is 11.8 Å². The minimum Gasteiger partial charge on any atom is -0.491 e. The largest absolute Gasteiger partial charge is 0.491 e. The first-order valence-corrected chi connectivity index (χ1v) is 7.37. The second-order valence-electron chi connectivity index (χ2n) is 5.32. The molecule has 114 valence electrons. The van der Waals surface area contributed by atoms with Crippen LogP contribution in [0, 0.1) is 17.2 Å². The summed E-state index contributed by atoms with van der Waals surface area (Å²) in [4.78, 5) is 0. The summed E-state index contributed by atoms with van der Waals surface area (Å²) in [5.41, 5.74) is 0.555. The van der Waals surface area contributed by atoms with Crippen LogP contribution in [0.2, 0.25) is 0 Å². The molecule has 1 aromatic carbocycles. The van der Waals surface area contributed by atoms with Crippen LogP contribution in [0.4, 0.5) is 0 Å². The Morgan fingerprint density at radius 1 is 1.43 bits per heavy atom. The van der Waals surface area contributed by atoms with E-state index in [9.17, 15) is 5.11 Å². The van der Waals surface area contributed by atoms with Gasteiger partial charge in [-0.25, -0.2) is 0 Å². The zero-order chi connectivity index (χ0) is 14.9. The summed E-state index contributed by atoms with van der Waals surface area (Å²) in [5.74, 6) is 1.25. The van der Waals surface area contributed by atoms with E-state index in [0.717, 1.165) is 32.6 Å². The molecule has 0 bridgehead atoms. The number of aliphatic hydroxyl groups excluding tert-OH is 1. The summed E-state index contributed by atoms with van der Waals surface area (Å²) in [6.45, 7) is 3.32. The molecule has 0 amide bonds. The lowest BCUT2D eigenvalue weighted by Crippen LogP contribution is -2.35. The molecule has 0 spiro atoms. The van der Waals surface area contributed by atoms with E-state index in [2.05, 4.69) is 11.4 Å². The molecule has 1 unspecified atom stereocenters. The third-order valence-corrected chi connectivity index (χ3v) is 3.56. The van der Waals surface area contributed by atoms with E-state index in [1.54, 1.807) is 24.3 Å². The maximum atomic E-state index is 9.89. The van der Waals surface area contributed by atoms with Crippen molar-refractivity contribution in [2.24, 2.45) is 5.92 Å². The first-order valence-electron chi connectivity index (χ1n) is 7.37. The van der Waals surface area contributed by atoms with Crippen LogP contribution >= 0.6 is 0 Å². The predicted molar refractivity (Wildman–Crippen MR) is 79.1 cm³/mol. The first-order chi connectivity index (χ1) is 10.3. The third-order valence-electron chi connectivity index (χ3n) is 3.56. The Hall–Kier alpha value is -1.61. The minimum absolute atomic E-state index is 0.218. The predicted octanol–water partition coefficient (Wildman–Crippen LogP) is 1.31. The molecular formula is C16H22N2O3. The molecule has 1 atom stereocenters. The quantitative estimate of drug-likeness (QED) is 0.792. The van der Waals surface area contributed by atoms with E-state index in [1.807, 2.05) is 0 Å². The van der Waals surface area contributed by atoms with E-state index in [4.69, 9.17) is 14.7 Å². The fraction of sp³-hybridized carbons (Fsp3) is 0.562. The van der Waals surface area contributed by atoms with E-state index < -0.39 is 6.10 Å². The average molecular weight is 290 g/mol. The van der Waals surface area contributed by atoms with Crippen molar-refractivity contribution in [1.29, 1.82) is 5.26 Å². The van der Waals surface area contributed by atoms with Crippen molar-refractivity contribution in [3.63, 3.8) is 0 Å². The van der Waals surface area contributed by atoms with Gasteiger partial charge in [0.05, 0.1) is 11.6 Å². The number of nitrogens with one attached hydrogen (secondary N) is 1. The fourth-order valence-corrected chi connectivity index (χ4v) is 2.31. The zero-order valence-electron chi connectivity index (χ0n) is 12.1. The van der Waals surface area contributed by atoms with E-state index in [1.165, 1.54) is 0 Å². The van der Waals surface area contributed by atoms with Gasteiger partial charge < -0.3 is 19.9 Å². The molecule has 0 radical (unpaired) electrons. The number of nitriles is 1. The van der Waals surface area contributed by atoms with Gasteiger partial charge in [0.1, 0.15) is 18.5 Å². The Balaban J connectivity index is 1.62. The standard InChI is InChI=1S/C16H22N2O3/c17-9-14-2-1-3-16(8-14)21-12-15(19)11-18-10-13-4-6-20-7-5-13/h1-3,8,13,15,18-19H,4-7,10-12H2. The number of hydrogen-bond acceptors (Lipinski definition) is 5. The number of benzene rings is 1. The molecule has 1 aliphatic heterocycles. The van der Waals surface area contributed by atoms with E-state index >= 15 is 0 Å². The number of nitrogens with zero attached hydrogens (tertiary/aromatic N) is 1. The lowest BCUT2D eigenvalue weighted by Gasteiger charge is -2.23. The monoisotopic (exact) mass is 290 g/mol. The lowest BCUT2D eigenvalue weighted by atomic mass is 10.0. The van der Waals surface area contributed by atoms with Crippen molar-refractivity contribution in [1.82, 2.24) is 5.32 Å². The van der Waals surface area contributed by atoms with Gasteiger partial charge in [-0.05, 0) is 43.5 Å². The van der Waals surface area contributed by atoms with E-state index in [0.29, 0.717) is 23.8 Å². The summed E-state index contributed by atoms with van der Waals surface area (Å²) in [6.07, 6.45) is 1.61. The Kier molecular flexibility index (Phi) is 6.48. The SMILES string of the molecule is N#Cc1cccc(OCC(O)CNCC2CCOCC2)c1. The highest BCUT2D eigenvalue weighted by atomic mass is 16.5. The summed E-state index contributed by atoms with van der Waals surface area (Å²) in [6, 6.07) is 9.00. The minimum atomic E-state index is -0.560. The van der Waals surface area contributed by atoms with Crippen LogP contribution in [0.15, 0.2) is 24.3 Å². The normalized spacial score (nSPS) is 17.1. The molecule has 2 N–H and O–H groups in total. The number of ether oxygens (including phenoxy) is 2. The molecule has 0 aliphatic carbocycles. The Labute approximate surface area is 125 Å². The van der Waals surface area contributed by atoms with Gasteiger partial charge in [-0.2, -0.15) is 5.26 Å². The van der Waals surface area contributed by atoms with Crippen molar-refractivity contribution in [3.05, 3.63) is 29.8 Å². The van der Waals surface area contributed by atoms with Crippen molar-refractivity contribution in [2.75, 3.05) is 32.9 Å². The molecule has 0 saturated carbocycles. The first kappa shape index (κ1) is 15.8. The Morgan fingerprint density at radius 3 is 3.00 bits per heavy atom. The molecule has 1 fully saturated rings. The highest BCUT2D eigenvalue weighted by molar-refractivity contribution is 5.36. The maximum absolute atomic E-state index is 9.89. The molecular weight excluding hydrogens is 268 g/mol. The molecule has 5 nitrogen and oxygen atoms in total. The van der Waals surface area contributed by atoms with Gasteiger partial charge in [0.2, 0.25) is 0 Å². The summed E-state index contributed by atoms with van der Waals surface area (Å²) >= 11 is 0. The second-order valence-corrected chi connectivity index (χ2v) is 5.32. The van der Waals surface area contributed by atoms with Crippen LogP contribution in [0.5, 0.6) is 5.75 Å². The lowest BCUT2D eigenvalue weighted by molar-refractivity contribution is 0.0630. The molecule has 5 heteroatoms. The van der Waals surface area contributed by atoms with Gasteiger partial charge in [0, 0.05) is 19.8 Å². The smallest absolute Gasteiger partial charge is 0.120 e. The van der Waals surface area contributed by atoms with Crippen molar-refractivity contribution < 1.29 is 14.6 Å². The number of rotatable bonds is 7. The maximum Gasteiger partial charge on any atom is 0.120 e. The molecule has 0 aromatic heterocycles. The van der Waals surface area contributed by atoms with Crippen LogP contribution in [0.1, 0.15) is 18.4 Å². The van der Waals surface area contributed by atoms with Gasteiger partial charge in [-0.15, -0.1) is 0 Å². The molecule has 1 aliphatic rings. The van der Waals surface area contributed by atoms with Crippen LogP contribution in [0.3, 0.4) is 0 Å². The van der Waals surface area contributed by atoms with Gasteiger partial charge in [-0.1, -0.05) is 6.07 Å². The van der Waals surface area contributed by atoms with E-state index in [-0.39, 0.29) is 6.61 Å². The number of hydrogen-bond donors (Lipinski definition) is 2. The van der Waals surface area contributed by atoms with Gasteiger partial charge >= 0.3 is 0 Å². The average Bonchev–Trinajstić information content (AvgIpc) is 2.54. The highest BCUT2D eigenvalue weighted by Gasteiger charge is 2.14. The second kappa shape index (κ2) is 8.63. The zero-order valence-corrected chi connectivity index (χ0v) is 12.1. The Morgan fingerprint density at radius 2 is 2.24 bits per heavy atom. The third kappa shape index (κ3) is 5.72. The molecule has 21 heavy (non-hydrogen) atoms. The molecule has 1 aromatic rings. The highest BCUT2D eigenvalue weighted by Crippen LogP contribution is 2.14. The number of aliphatic hydroxyl groups is 1. The summed E-state index contributed by atoms with van der Waals surface area (Å²) in [7, 11) is 0. The van der Waals surface area contributed by atoms with Gasteiger partial charge in [0.15, 0.2) is 0 Å². The summed E-state index contributed by atoms with van der Waals surface area (Å²) < 4.78 is 10.8. The topological polar surface area (TPSA) is 74.5 Å². The molecule has 1 saturated heterocycles. The van der Waals surface area contributed by atoms with Crippen molar-refractivity contribution in [2.45, 2.75) is 18.9 Å². The van der Waals surface area contributed by atoms with Crippen LogP contribution in [-0.2, 0) is 4.74 Å². The Bertz CT molecular complexity index is 467. The van der Waals surface area contributed by atoms with Crippen molar-refractivity contribution >= 4 is 0 Å². The summed E-state index contributed by atoms with van der Waals surface area (Å²) in [5, 5.41) is 22.0. The van der Waals surface area contributed by atoms with Gasteiger partial charge in [-0.3, -0.25) is 0 Å². The molecule has 1 heterocycles. The fourth-order valence-electron chi connectivity index (χ4n) is 2.31. The van der Waals surface area contributed by atoms with Crippen LogP contribution in [0.25, 0.3) is 0 Å².